The first-order chi connectivity index (χ1) is 10.0. The van der Waals surface area contributed by atoms with Gasteiger partial charge in [0.1, 0.15) is 5.69 Å². The molecule has 0 saturated carbocycles. The zero-order valence-corrected chi connectivity index (χ0v) is 12.0. The van der Waals surface area contributed by atoms with E-state index in [2.05, 4.69) is 15.3 Å². The minimum Gasteiger partial charge on any atom is -0.479 e. The Morgan fingerprint density at radius 3 is 2.76 bits per heavy atom. The van der Waals surface area contributed by atoms with E-state index in [-0.39, 0.29) is 11.1 Å². The molecule has 0 atom stereocenters. The number of aromatic nitrogens is 2. The fourth-order valence-corrected chi connectivity index (χ4v) is 1.85. The van der Waals surface area contributed by atoms with Crippen molar-refractivity contribution in [2.75, 3.05) is 31.4 Å². The third-order valence-corrected chi connectivity index (χ3v) is 2.85. The summed E-state index contributed by atoms with van der Waals surface area (Å²) in [4.78, 5) is 31.9. The van der Waals surface area contributed by atoms with Crippen molar-refractivity contribution in [3.8, 4) is 5.88 Å². The van der Waals surface area contributed by atoms with Gasteiger partial charge in [-0.15, -0.1) is 0 Å². The normalized spacial score (nSPS) is 10.0. The molecule has 0 radical (unpaired) electrons. The summed E-state index contributed by atoms with van der Waals surface area (Å²) in [5.41, 5.74) is 1.12. The largest absolute Gasteiger partial charge is 0.479 e. The highest BCUT2D eigenvalue weighted by Crippen LogP contribution is 2.32. The highest BCUT2D eigenvalue weighted by Gasteiger charge is 2.16. The maximum atomic E-state index is 12.2. The second-order valence-corrected chi connectivity index (χ2v) is 4.50. The second kappa shape index (κ2) is 6.08. The molecule has 2 rings (SSSR count). The van der Waals surface area contributed by atoms with E-state index >= 15 is 0 Å². The summed E-state index contributed by atoms with van der Waals surface area (Å²) in [5, 5.41) is 2.73. The summed E-state index contributed by atoms with van der Waals surface area (Å²) in [6.07, 6.45) is 3.02. The van der Waals surface area contributed by atoms with Crippen LogP contribution in [-0.2, 0) is 0 Å². The summed E-state index contributed by atoms with van der Waals surface area (Å²) < 4.78 is 5.18. The molecule has 0 aliphatic rings. The van der Waals surface area contributed by atoms with Crippen LogP contribution in [0.1, 0.15) is 10.4 Å². The fraction of sp³-hybridized carbons (Fsp3) is 0.214. The quantitative estimate of drug-likeness (QED) is 0.879. The van der Waals surface area contributed by atoms with Crippen LogP contribution in [0.25, 0.3) is 0 Å². The molecule has 2 N–H and O–H groups in total. The predicted molar refractivity (Wildman–Crippen MR) is 80.1 cm³/mol. The van der Waals surface area contributed by atoms with Crippen LogP contribution in [0.5, 0.6) is 5.88 Å². The monoisotopic (exact) mass is 288 g/mol. The number of amides is 1. The zero-order chi connectivity index (χ0) is 15.4. The molecular formula is C14H16N4O3. The summed E-state index contributed by atoms with van der Waals surface area (Å²) in [6, 6.07) is 4.51. The first kappa shape index (κ1) is 14.6. The Morgan fingerprint density at radius 1 is 1.38 bits per heavy atom. The van der Waals surface area contributed by atoms with Gasteiger partial charge in [0.25, 0.3) is 5.91 Å². The zero-order valence-electron chi connectivity index (χ0n) is 12.0. The average Bonchev–Trinajstić information content (AvgIpc) is 2.47. The van der Waals surface area contributed by atoms with Crippen LogP contribution in [0.4, 0.5) is 11.4 Å². The minimum atomic E-state index is -0.407. The first-order valence-corrected chi connectivity index (χ1v) is 6.23. The molecule has 0 unspecified atom stereocenters. The van der Waals surface area contributed by atoms with Gasteiger partial charge in [0.05, 0.1) is 12.8 Å². The van der Waals surface area contributed by atoms with E-state index < -0.39 is 5.91 Å². The van der Waals surface area contributed by atoms with Crippen LogP contribution in [0.15, 0.2) is 35.4 Å². The number of carbonyl (C=O) groups is 1. The van der Waals surface area contributed by atoms with Gasteiger partial charge in [0.2, 0.25) is 11.4 Å². The Labute approximate surface area is 121 Å². The third kappa shape index (κ3) is 3.19. The van der Waals surface area contributed by atoms with Gasteiger partial charge >= 0.3 is 0 Å². The summed E-state index contributed by atoms with van der Waals surface area (Å²) in [6.45, 7) is 0. The molecule has 0 saturated heterocycles. The van der Waals surface area contributed by atoms with Gasteiger partial charge in [-0.25, -0.2) is 4.98 Å². The average molecular weight is 288 g/mol. The van der Waals surface area contributed by atoms with Crippen molar-refractivity contribution in [2.45, 2.75) is 0 Å². The molecule has 7 heteroatoms. The van der Waals surface area contributed by atoms with Crippen LogP contribution in [0.3, 0.4) is 0 Å². The van der Waals surface area contributed by atoms with Crippen molar-refractivity contribution in [3.05, 3.63) is 46.5 Å². The summed E-state index contributed by atoms with van der Waals surface area (Å²) in [7, 11) is 5.17. The number of anilines is 2. The molecular weight excluding hydrogens is 272 g/mol. The van der Waals surface area contributed by atoms with Gasteiger partial charge in [0.15, 0.2) is 0 Å². The number of carbonyl (C=O) groups excluding carboxylic acids is 1. The second-order valence-electron chi connectivity index (χ2n) is 4.50. The fourth-order valence-electron chi connectivity index (χ4n) is 1.85. The summed E-state index contributed by atoms with van der Waals surface area (Å²) >= 11 is 0. The lowest BCUT2D eigenvalue weighted by Gasteiger charge is -2.19. The van der Waals surface area contributed by atoms with Gasteiger partial charge in [-0.1, -0.05) is 0 Å². The van der Waals surface area contributed by atoms with E-state index in [1.54, 1.807) is 12.3 Å². The molecule has 0 aliphatic heterocycles. The lowest BCUT2D eigenvalue weighted by atomic mass is 10.2. The molecule has 21 heavy (non-hydrogen) atoms. The van der Waals surface area contributed by atoms with E-state index in [4.69, 9.17) is 4.74 Å². The predicted octanol–water partition coefficient (Wildman–Crippen LogP) is 1.10. The number of rotatable bonds is 4. The van der Waals surface area contributed by atoms with Crippen molar-refractivity contribution in [1.82, 2.24) is 9.97 Å². The molecule has 0 aliphatic carbocycles. The number of H-pyrrole nitrogens is 1. The van der Waals surface area contributed by atoms with Crippen LogP contribution in [-0.4, -0.2) is 37.1 Å². The number of nitrogens with one attached hydrogen (secondary N) is 2. The Morgan fingerprint density at radius 2 is 2.14 bits per heavy atom. The number of hydrogen-bond acceptors (Lipinski definition) is 5. The molecule has 0 aromatic carbocycles. The maximum absolute atomic E-state index is 12.2. The van der Waals surface area contributed by atoms with E-state index in [1.165, 1.54) is 25.4 Å². The summed E-state index contributed by atoms with van der Waals surface area (Å²) in [5.74, 6) is -0.102. The number of pyridine rings is 2. The van der Waals surface area contributed by atoms with Gasteiger partial charge in [-0.05, 0) is 12.1 Å². The number of aromatic amines is 1. The smallest absolute Gasteiger partial charge is 0.256 e. The number of methoxy groups -OCH3 is 1. The molecule has 0 spiro atoms. The van der Waals surface area contributed by atoms with Crippen molar-refractivity contribution in [2.24, 2.45) is 0 Å². The molecule has 0 fully saturated rings. The van der Waals surface area contributed by atoms with E-state index in [1.807, 2.05) is 19.0 Å². The van der Waals surface area contributed by atoms with Crippen LogP contribution in [0.2, 0.25) is 0 Å². The SMILES string of the molecule is COc1nccc(N(C)C)c1NC(=O)c1cc[nH]c(=O)c1. The van der Waals surface area contributed by atoms with Crippen molar-refractivity contribution in [3.63, 3.8) is 0 Å². The Balaban J connectivity index is 2.38. The Bertz CT molecular complexity index is 709. The molecule has 7 nitrogen and oxygen atoms in total. The number of nitrogens with zero attached hydrogens (tertiary/aromatic N) is 2. The molecule has 2 heterocycles. The third-order valence-electron chi connectivity index (χ3n) is 2.85. The van der Waals surface area contributed by atoms with E-state index in [0.717, 1.165) is 5.69 Å². The van der Waals surface area contributed by atoms with Crippen molar-refractivity contribution < 1.29 is 9.53 Å². The Hall–Kier alpha value is -2.83. The van der Waals surface area contributed by atoms with Gasteiger partial charge in [-0.3, -0.25) is 9.59 Å². The van der Waals surface area contributed by atoms with Crippen LogP contribution < -0.4 is 20.5 Å². The lowest BCUT2D eigenvalue weighted by molar-refractivity contribution is 0.102. The molecule has 1 amide bonds. The number of hydrogen-bond donors (Lipinski definition) is 2. The lowest BCUT2D eigenvalue weighted by Crippen LogP contribution is -2.19. The van der Waals surface area contributed by atoms with Crippen LogP contribution >= 0.6 is 0 Å². The molecule has 2 aromatic rings. The van der Waals surface area contributed by atoms with Gasteiger partial charge in [0, 0.05) is 38.1 Å². The highest BCUT2D eigenvalue weighted by molar-refractivity contribution is 6.06. The standard InChI is InChI=1S/C14H16N4O3/c1-18(2)10-5-7-16-14(21-3)12(10)17-13(20)9-4-6-15-11(19)8-9/h4-8H,1-3H3,(H,15,19)(H,17,20). The van der Waals surface area contributed by atoms with Gasteiger partial charge in [-0.2, -0.15) is 0 Å². The topological polar surface area (TPSA) is 87.3 Å². The van der Waals surface area contributed by atoms with Crippen LogP contribution in [0, 0.1) is 0 Å². The first-order valence-electron chi connectivity index (χ1n) is 6.23. The minimum absolute atomic E-state index is 0.259. The Kier molecular flexibility index (Phi) is 4.22. The molecule has 0 bridgehead atoms. The highest BCUT2D eigenvalue weighted by atomic mass is 16.5. The van der Waals surface area contributed by atoms with E-state index in [9.17, 15) is 9.59 Å². The maximum Gasteiger partial charge on any atom is 0.256 e. The molecule has 2 aromatic heterocycles. The van der Waals surface area contributed by atoms with Gasteiger partial charge < -0.3 is 19.9 Å². The molecule has 110 valence electrons. The van der Waals surface area contributed by atoms with E-state index in [0.29, 0.717) is 11.6 Å². The van der Waals surface area contributed by atoms with Crippen molar-refractivity contribution >= 4 is 17.3 Å². The number of ether oxygens (including phenoxy) is 1. The van der Waals surface area contributed by atoms with Crippen molar-refractivity contribution in [1.29, 1.82) is 0 Å².